The Balaban J connectivity index is 1.95. The quantitative estimate of drug-likeness (QED) is 0.521. The van der Waals surface area contributed by atoms with Gasteiger partial charge in [-0.3, -0.25) is 4.79 Å². The molecule has 0 unspecified atom stereocenters. The molecule has 1 aromatic carbocycles. The molecule has 102 valence electrons. The summed E-state index contributed by atoms with van der Waals surface area (Å²) < 4.78 is 2.80. The molecule has 20 heavy (non-hydrogen) atoms. The predicted molar refractivity (Wildman–Crippen MR) is 81.1 cm³/mol. The average molecular weight is 333 g/mol. The summed E-state index contributed by atoms with van der Waals surface area (Å²) in [6, 6.07) is 13.4. The van der Waals surface area contributed by atoms with Gasteiger partial charge in [-0.05, 0) is 24.6 Å². The largest absolute Gasteiger partial charge is 0.305 e. The van der Waals surface area contributed by atoms with Crippen LogP contribution in [0.5, 0.6) is 0 Å². The highest BCUT2D eigenvalue weighted by Crippen LogP contribution is 2.10. The Kier molecular flexibility index (Phi) is 5.01. The molecule has 5 heteroatoms. The molecule has 0 bridgehead atoms. The molecule has 0 fully saturated rings. The molecule has 1 aromatic heterocycles. The summed E-state index contributed by atoms with van der Waals surface area (Å²) in [6.07, 6.45) is 3.68. The van der Waals surface area contributed by atoms with Crippen LogP contribution in [0.25, 0.3) is 0 Å². The highest BCUT2D eigenvalue weighted by molar-refractivity contribution is 9.10. The van der Waals surface area contributed by atoms with Crippen molar-refractivity contribution in [3.05, 3.63) is 64.9 Å². The van der Waals surface area contributed by atoms with Crippen molar-refractivity contribution in [1.82, 2.24) is 5.43 Å². The molecule has 2 aromatic rings. The molecular weight excluding hydrogens is 318 g/mol. The summed E-state index contributed by atoms with van der Waals surface area (Å²) in [5, 5.41) is 4.11. The Bertz CT molecular complexity index is 609. The van der Waals surface area contributed by atoms with Gasteiger partial charge in [0.2, 0.25) is 6.54 Å². The Morgan fingerprint density at radius 3 is 2.50 bits per heavy atom. The van der Waals surface area contributed by atoms with Crippen LogP contribution in [-0.4, -0.2) is 11.6 Å². The average Bonchev–Trinajstić information content (AvgIpc) is 2.46. The van der Waals surface area contributed by atoms with Crippen molar-refractivity contribution in [3.8, 4) is 0 Å². The molecule has 0 spiro atoms. The number of hydrogen-bond donors (Lipinski definition) is 1. The molecule has 0 radical (unpaired) electrons. The van der Waals surface area contributed by atoms with E-state index in [0.29, 0.717) is 0 Å². The second-order valence-electron chi connectivity index (χ2n) is 4.29. The number of hydrogen-bond acceptors (Lipinski definition) is 2. The van der Waals surface area contributed by atoms with Crippen molar-refractivity contribution in [3.63, 3.8) is 0 Å². The third kappa shape index (κ3) is 4.28. The lowest BCUT2D eigenvalue weighted by molar-refractivity contribution is -0.684. The van der Waals surface area contributed by atoms with Gasteiger partial charge in [-0.1, -0.05) is 34.1 Å². The first-order valence-electron chi connectivity index (χ1n) is 6.18. The molecule has 4 nitrogen and oxygen atoms in total. The topological polar surface area (TPSA) is 45.3 Å². The number of nitrogens with one attached hydrogen (secondary N) is 1. The first kappa shape index (κ1) is 14.4. The number of nitrogens with zero attached hydrogens (tertiary/aromatic N) is 2. The molecule has 0 aliphatic carbocycles. The van der Waals surface area contributed by atoms with Crippen LogP contribution in [0.1, 0.15) is 12.5 Å². The summed E-state index contributed by atoms with van der Waals surface area (Å²) in [5.41, 5.74) is 4.30. The smallest absolute Gasteiger partial charge is 0.266 e. The van der Waals surface area contributed by atoms with E-state index in [9.17, 15) is 4.79 Å². The summed E-state index contributed by atoms with van der Waals surface area (Å²) in [6.45, 7) is 2.11. The molecule has 1 amide bonds. The minimum absolute atomic E-state index is 0.155. The number of carbonyl (C=O) groups is 1. The molecule has 0 aliphatic heterocycles. The van der Waals surface area contributed by atoms with E-state index in [4.69, 9.17) is 0 Å². The molecule has 0 saturated heterocycles. The first-order valence-corrected chi connectivity index (χ1v) is 6.97. The van der Waals surface area contributed by atoms with Gasteiger partial charge in [0, 0.05) is 16.6 Å². The molecule has 0 atom stereocenters. The van der Waals surface area contributed by atoms with Crippen LogP contribution in [0.2, 0.25) is 0 Å². The highest BCUT2D eigenvalue weighted by atomic mass is 79.9. The Morgan fingerprint density at radius 1 is 1.20 bits per heavy atom. The maximum absolute atomic E-state index is 11.8. The molecule has 0 aliphatic rings. The van der Waals surface area contributed by atoms with Crippen LogP contribution >= 0.6 is 15.9 Å². The molecule has 1 N–H and O–H groups in total. The zero-order valence-corrected chi connectivity index (χ0v) is 12.7. The van der Waals surface area contributed by atoms with Crippen LogP contribution in [-0.2, 0) is 11.3 Å². The lowest BCUT2D eigenvalue weighted by atomic mass is 10.1. The molecular formula is C15H15BrN3O+. The fourth-order valence-corrected chi connectivity index (χ4v) is 1.91. The van der Waals surface area contributed by atoms with E-state index in [2.05, 4.69) is 26.5 Å². The van der Waals surface area contributed by atoms with Gasteiger partial charge >= 0.3 is 5.91 Å². The molecule has 0 saturated carbocycles. The van der Waals surface area contributed by atoms with Gasteiger partial charge in [-0.25, -0.2) is 5.43 Å². The zero-order valence-electron chi connectivity index (χ0n) is 11.1. The van der Waals surface area contributed by atoms with E-state index in [0.717, 1.165) is 15.7 Å². The number of rotatable bonds is 4. The zero-order chi connectivity index (χ0) is 14.4. The van der Waals surface area contributed by atoms with Gasteiger partial charge in [0.15, 0.2) is 12.4 Å². The lowest BCUT2D eigenvalue weighted by Crippen LogP contribution is -2.41. The van der Waals surface area contributed by atoms with Gasteiger partial charge in [0.05, 0.1) is 5.71 Å². The van der Waals surface area contributed by atoms with Gasteiger partial charge in [0.1, 0.15) is 0 Å². The van der Waals surface area contributed by atoms with E-state index in [-0.39, 0.29) is 12.5 Å². The van der Waals surface area contributed by atoms with E-state index in [1.54, 1.807) is 4.57 Å². The maximum atomic E-state index is 11.8. The highest BCUT2D eigenvalue weighted by Gasteiger charge is 2.07. The minimum atomic E-state index is -0.155. The third-order valence-corrected chi connectivity index (χ3v) is 3.24. The number of pyridine rings is 1. The fourth-order valence-electron chi connectivity index (χ4n) is 1.64. The van der Waals surface area contributed by atoms with Gasteiger partial charge in [-0.15, -0.1) is 0 Å². The van der Waals surface area contributed by atoms with E-state index >= 15 is 0 Å². The van der Waals surface area contributed by atoms with E-state index < -0.39 is 0 Å². The summed E-state index contributed by atoms with van der Waals surface area (Å²) in [4.78, 5) is 11.8. The van der Waals surface area contributed by atoms with Crippen LogP contribution in [0.4, 0.5) is 0 Å². The lowest BCUT2D eigenvalue weighted by Gasteiger charge is -2.02. The van der Waals surface area contributed by atoms with Crippen molar-refractivity contribution in [1.29, 1.82) is 0 Å². The van der Waals surface area contributed by atoms with Crippen molar-refractivity contribution < 1.29 is 9.36 Å². The minimum Gasteiger partial charge on any atom is -0.266 e. The van der Waals surface area contributed by atoms with Crippen molar-refractivity contribution in [2.24, 2.45) is 5.10 Å². The molecule has 2 rings (SSSR count). The van der Waals surface area contributed by atoms with Crippen LogP contribution < -0.4 is 9.99 Å². The number of hydrazone groups is 1. The van der Waals surface area contributed by atoms with Crippen molar-refractivity contribution >= 4 is 27.5 Å². The van der Waals surface area contributed by atoms with Gasteiger partial charge < -0.3 is 0 Å². The SMILES string of the molecule is CC(=NNC(=O)C[n+]1ccccc1)c1ccc(Br)cc1. The van der Waals surface area contributed by atoms with Crippen molar-refractivity contribution in [2.45, 2.75) is 13.5 Å². The maximum Gasteiger partial charge on any atom is 0.305 e. The second-order valence-corrected chi connectivity index (χ2v) is 5.20. The van der Waals surface area contributed by atoms with E-state index in [1.807, 2.05) is 61.8 Å². The van der Waals surface area contributed by atoms with Crippen LogP contribution in [0.3, 0.4) is 0 Å². The normalized spacial score (nSPS) is 11.2. The van der Waals surface area contributed by atoms with E-state index in [1.165, 1.54) is 0 Å². The second kappa shape index (κ2) is 6.96. The Labute approximate surface area is 126 Å². The third-order valence-electron chi connectivity index (χ3n) is 2.71. The monoisotopic (exact) mass is 332 g/mol. The Morgan fingerprint density at radius 2 is 1.85 bits per heavy atom. The summed E-state index contributed by atoms with van der Waals surface area (Å²) in [5.74, 6) is -0.155. The summed E-state index contributed by atoms with van der Waals surface area (Å²) in [7, 11) is 0. The number of benzene rings is 1. The van der Waals surface area contributed by atoms with Crippen LogP contribution in [0.15, 0.2) is 64.4 Å². The van der Waals surface area contributed by atoms with Crippen molar-refractivity contribution in [2.75, 3.05) is 0 Å². The standard InChI is InChI=1S/C15H14BrN3O/c1-12(13-5-7-14(16)8-6-13)17-18-15(20)11-19-9-3-2-4-10-19/h2-10H,11H2,1H3/p+1. The number of amides is 1. The number of halogens is 1. The predicted octanol–water partition coefficient (Wildman–Crippen LogP) is 2.28. The number of carbonyl (C=O) groups excluding carboxylic acids is 1. The first-order chi connectivity index (χ1) is 9.65. The van der Waals surface area contributed by atoms with Gasteiger partial charge in [-0.2, -0.15) is 9.67 Å². The van der Waals surface area contributed by atoms with Gasteiger partial charge in [0.25, 0.3) is 0 Å². The molecule has 1 heterocycles. The van der Waals surface area contributed by atoms with Crippen LogP contribution in [0, 0.1) is 0 Å². The Hall–Kier alpha value is -2.01. The summed E-state index contributed by atoms with van der Waals surface area (Å²) >= 11 is 3.38. The fraction of sp³-hybridized carbons (Fsp3) is 0.133. The number of aromatic nitrogens is 1.